The van der Waals surface area contributed by atoms with Gasteiger partial charge in [0, 0.05) is 56.9 Å². The summed E-state index contributed by atoms with van der Waals surface area (Å²) in [4.78, 5) is 19.9. The summed E-state index contributed by atoms with van der Waals surface area (Å²) in [5.41, 5.74) is 1.92. The van der Waals surface area contributed by atoms with Gasteiger partial charge in [0.2, 0.25) is 0 Å². The summed E-state index contributed by atoms with van der Waals surface area (Å²) in [7, 11) is 2.03. The molecule has 0 N–H and O–H groups in total. The molecule has 2 heterocycles. The maximum atomic E-state index is 10.7. The van der Waals surface area contributed by atoms with E-state index in [0.29, 0.717) is 0 Å². The number of nitrogens with zero attached hydrogens (tertiary/aromatic N) is 4. The number of aromatic nitrogens is 2. The van der Waals surface area contributed by atoms with Gasteiger partial charge >= 0.3 is 0 Å². The number of aryl methyl sites for hydroxylation is 1. The van der Waals surface area contributed by atoms with Crippen LogP contribution in [-0.4, -0.2) is 46.9 Å². The van der Waals surface area contributed by atoms with Crippen molar-refractivity contribution in [2.24, 2.45) is 7.05 Å². The predicted octanol–water partition coefficient (Wildman–Crippen LogP) is 1.55. The Kier molecular flexibility index (Phi) is 4.01. The molecule has 0 amide bonds. The fraction of sp³-hybridized carbons (Fsp3) is 0.375. The van der Waals surface area contributed by atoms with Crippen LogP contribution in [0.3, 0.4) is 0 Å². The minimum Gasteiger partial charge on any atom is -0.369 e. The van der Waals surface area contributed by atoms with Gasteiger partial charge in [0.25, 0.3) is 0 Å². The van der Waals surface area contributed by atoms with Gasteiger partial charge in [0.05, 0.1) is 6.54 Å². The molecule has 1 saturated heterocycles. The highest BCUT2D eigenvalue weighted by molar-refractivity contribution is 5.75. The van der Waals surface area contributed by atoms with E-state index in [2.05, 4.69) is 19.4 Å². The second-order valence-electron chi connectivity index (χ2n) is 5.43. The second kappa shape index (κ2) is 6.10. The summed E-state index contributed by atoms with van der Waals surface area (Å²) in [6.45, 7) is 4.97. The molecule has 0 radical (unpaired) electrons. The minimum atomic E-state index is 0.729. The van der Waals surface area contributed by atoms with Crippen molar-refractivity contribution in [2.45, 2.75) is 6.54 Å². The lowest BCUT2D eigenvalue weighted by Crippen LogP contribution is -2.46. The van der Waals surface area contributed by atoms with Gasteiger partial charge in [-0.2, -0.15) is 0 Å². The molecule has 1 fully saturated rings. The van der Waals surface area contributed by atoms with Gasteiger partial charge in [-0.25, -0.2) is 4.98 Å². The normalized spacial score (nSPS) is 16.1. The molecule has 0 aliphatic carbocycles. The number of hydrogen-bond acceptors (Lipinski definition) is 4. The van der Waals surface area contributed by atoms with E-state index in [4.69, 9.17) is 0 Å². The lowest BCUT2D eigenvalue weighted by atomic mass is 10.2. The van der Waals surface area contributed by atoms with Crippen LogP contribution in [0.25, 0.3) is 0 Å². The third-order valence-electron chi connectivity index (χ3n) is 4.05. The SMILES string of the molecule is Cn1ccnc1CN1CCN(c2ccc(C=O)cc2)CC1. The van der Waals surface area contributed by atoms with Crippen molar-refractivity contribution in [1.29, 1.82) is 0 Å². The van der Waals surface area contributed by atoms with Gasteiger partial charge in [-0.1, -0.05) is 0 Å². The third kappa shape index (κ3) is 3.13. The number of carbonyl (C=O) groups excluding carboxylic acids is 1. The molecule has 110 valence electrons. The number of aldehydes is 1. The summed E-state index contributed by atoms with van der Waals surface area (Å²) in [6.07, 6.45) is 4.72. The lowest BCUT2D eigenvalue weighted by Gasteiger charge is -2.35. The molecule has 0 saturated carbocycles. The van der Waals surface area contributed by atoms with Crippen molar-refractivity contribution in [3.8, 4) is 0 Å². The van der Waals surface area contributed by atoms with E-state index in [9.17, 15) is 4.79 Å². The molecule has 5 heteroatoms. The molecule has 1 aromatic heterocycles. The number of piperazine rings is 1. The van der Waals surface area contributed by atoms with Crippen molar-refractivity contribution in [3.63, 3.8) is 0 Å². The Labute approximate surface area is 124 Å². The molecule has 1 aromatic carbocycles. The molecule has 0 bridgehead atoms. The van der Waals surface area contributed by atoms with Gasteiger partial charge in [-0.3, -0.25) is 9.69 Å². The highest BCUT2D eigenvalue weighted by Crippen LogP contribution is 2.17. The molecular weight excluding hydrogens is 264 g/mol. The zero-order valence-electron chi connectivity index (χ0n) is 12.3. The van der Waals surface area contributed by atoms with Crippen LogP contribution in [0.5, 0.6) is 0 Å². The standard InChI is InChI=1S/C16H20N4O/c1-18-7-6-17-16(18)12-19-8-10-20(11-9-19)15-4-2-14(13-21)3-5-15/h2-7,13H,8-12H2,1H3. The second-order valence-corrected chi connectivity index (χ2v) is 5.43. The number of hydrogen-bond donors (Lipinski definition) is 0. The Bertz CT molecular complexity index is 597. The van der Waals surface area contributed by atoms with Crippen molar-refractivity contribution in [1.82, 2.24) is 14.5 Å². The average Bonchev–Trinajstić information content (AvgIpc) is 2.93. The van der Waals surface area contributed by atoms with E-state index < -0.39 is 0 Å². The Balaban J connectivity index is 1.57. The highest BCUT2D eigenvalue weighted by Gasteiger charge is 2.18. The third-order valence-corrected chi connectivity index (χ3v) is 4.05. The van der Waals surface area contributed by atoms with Gasteiger partial charge in [-0.15, -0.1) is 0 Å². The van der Waals surface area contributed by atoms with Gasteiger partial charge in [-0.05, 0) is 24.3 Å². The van der Waals surface area contributed by atoms with Gasteiger partial charge < -0.3 is 9.47 Å². The Morgan fingerprint density at radius 2 is 1.86 bits per heavy atom. The minimum absolute atomic E-state index is 0.729. The molecule has 0 atom stereocenters. The summed E-state index contributed by atoms with van der Waals surface area (Å²) >= 11 is 0. The first-order valence-corrected chi connectivity index (χ1v) is 7.25. The van der Waals surface area contributed by atoms with E-state index in [1.54, 1.807) is 0 Å². The predicted molar refractivity (Wildman–Crippen MR) is 82.5 cm³/mol. The van der Waals surface area contributed by atoms with Gasteiger partial charge in [0.15, 0.2) is 0 Å². The van der Waals surface area contributed by atoms with E-state index >= 15 is 0 Å². The number of anilines is 1. The first-order chi connectivity index (χ1) is 10.3. The largest absolute Gasteiger partial charge is 0.369 e. The first kappa shape index (κ1) is 13.8. The Morgan fingerprint density at radius 1 is 1.14 bits per heavy atom. The maximum Gasteiger partial charge on any atom is 0.150 e. The molecule has 1 aliphatic heterocycles. The monoisotopic (exact) mass is 284 g/mol. The molecular formula is C16H20N4O. The molecule has 3 rings (SSSR count). The van der Waals surface area contributed by atoms with Crippen molar-refractivity contribution < 1.29 is 4.79 Å². The first-order valence-electron chi connectivity index (χ1n) is 7.25. The van der Waals surface area contributed by atoms with Crippen molar-refractivity contribution in [2.75, 3.05) is 31.1 Å². The zero-order valence-corrected chi connectivity index (χ0v) is 12.3. The Hall–Kier alpha value is -2.14. The molecule has 21 heavy (non-hydrogen) atoms. The van der Waals surface area contributed by atoms with Crippen LogP contribution in [0, 0.1) is 0 Å². The molecule has 1 aliphatic rings. The molecule has 2 aromatic rings. The lowest BCUT2D eigenvalue weighted by molar-refractivity contribution is 0.112. The van der Waals surface area contributed by atoms with E-state index in [-0.39, 0.29) is 0 Å². The van der Waals surface area contributed by atoms with E-state index in [1.807, 2.05) is 43.7 Å². The van der Waals surface area contributed by atoms with E-state index in [1.165, 1.54) is 5.69 Å². The van der Waals surface area contributed by atoms with Crippen LogP contribution < -0.4 is 4.90 Å². The Morgan fingerprint density at radius 3 is 2.43 bits per heavy atom. The summed E-state index contributed by atoms with van der Waals surface area (Å²) in [6, 6.07) is 7.81. The van der Waals surface area contributed by atoms with Crippen LogP contribution in [0.15, 0.2) is 36.7 Å². The summed E-state index contributed by atoms with van der Waals surface area (Å²) in [5, 5.41) is 0. The number of rotatable bonds is 4. The molecule has 0 unspecified atom stereocenters. The van der Waals surface area contributed by atoms with Crippen LogP contribution in [0.2, 0.25) is 0 Å². The molecule has 5 nitrogen and oxygen atoms in total. The fourth-order valence-corrected chi connectivity index (χ4v) is 2.68. The summed E-state index contributed by atoms with van der Waals surface area (Å²) < 4.78 is 2.07. The van der Waals surface area contributed by atoms with Crippen molar-refractivity contribution >= 4 is 12.0 Å². The van der Waals surface area contributed by atoms with Gasteiger partial charge in [0.1, 0.15) is 12.1 Å². The quantitative estimate of drug-likeness (QED) is 0.799. The topological polar surface area (TPSA) is 41.4 Å². The highest BCUT2D eigenvalue weighted by atomic mass is 16.1. The summed E-state index contributed by atoms with van der Waals surface area (Å²) in [5.74, 6) is 1.11. The van der Waals surface area contributed by atoms with E-state index in [0.717, 1.165) is 50.4 Å². The smallest absolute Gasteiger partial charge is 0.150 e. The van der Waals surface area contributed by atoms with Crippen molar-refractivity contribution in [3.05, 3.63) is 48.0 Å². The van der Waals surface area contributed by atoms with Crippen LogP contribution in [0.1, 0.15) is 16.2 Å². The average molecular weight is 284 g/mol. The number of benzene rings is 1. The number of imidazole rings is 1. The molecule has 0 spiro atoms. The number of carbonyl (C=O) groups is 1. The fourth-order valence-electron chi connectivity index (χ4n) is 2.68. The van der Waals surface area contributed by atoms with Crippen LogP contribution in [0.4, 0.5) is 5.69 Å². The van der Waals surface area contributed by atoms with Crippen LogP contribution >= 0.6 is 0 Å². The zero-order chi connectivity index (χ0) is 14.7. The maximum absolute atomic E-state index is 10.7. The van der Waals surface area contributed by atoms with Crippen LogP contribution in [-0.2, 0) is 13.6 Å².